The third-order valence-corrected chi connectivity index (χ3v) is 4.63. The van der Waals surface area contributed by atoms with Gasteiger partial charge in [0.1, 0.15) is 6.61 Å². The lowest BCUT2D eigenvalue weighted by molar-refractivity contribution is 0.0697. The van der Waals surface area contributed by atoms with Crippen LogP contribution in [0.4, 0.5) is 0 Å². The van der Waals surface area contributed by atoms with E-state index in [1.807, 2.05) is 30.3 Å². The number of hydrogen-bond donors (Lipinski definition) is 1. The van der Waals surface area contributed by atoms with Crippen molar-refractivity contribution in [2.24, 2.45) is 0 Å². The first kappa shape index (κ1) is 21.0. The molecule has 30 heavy (non-hydrogen) atoms. The molecule has 150 valence electrons. The summed E-state index contributed by atoms with van der Waals surface area (Å²) < 4.78 is 11.3. The molecule has 3 aromatic carbocycles. The Balaban J connectivity index is 1.89. The maximum atomic E-state index is 11.0. The fourth-order valence-electron chi connectivity index (χ4n) is 2.83. The third kappa shape index (κ3) is 4.99. The van der Waals surface area contributed by atoms with Crippen molar-refractivity contribution < 1.29 is 19.4 Å². The standard InChI is InChI=1S/C24H18ClNO4/c1-29-22-13-17(11-20(14-26)18-7-9-19(10-8-18)24(27)28)12-21(25)23(22)30-15-16-5-3-2-4-6-16/h2-13H,15H2,1H3,(H,27,28)/b20-11-. The second-order valence-corrected chi connectivity index (χ2v) is 6.77. The van der Waals surface area contributed by atoms with E-state index in [9.17, 15) is 10.1 Å². The van der Waals surface area contributed by atoms with E-state index >= 15 is 0 Å². The van der Waals surface area contributed by atoms with E-state index in [1.54, 1.807) is 30.3 Å². The van der Waals surface area contributed by atoms with Gasteiger partial charge >= 0.3 is 5.97 Å². The average molecular weight is 420 g/mol. The molecule has 0 saturated carbocycles. The van der Waals surface area contributed by atoms with Gasteiger partial charge in [-0.05, 0) is 47.0 Å². The molecule has 0 aromatic heterocycles. The molecular formula is C24H18ClNO4. The summed E-state index contributed by atoms with van der Waals surface area (Å²) in [6.45, 7) is 0.339. The Hall–Kier alpha value is -3.75. The van der Waals surface area contributed by atoms with Gasteiger partial charge in [-0.2, -0.15) is 5.26 Å². The van der Waals surface area contributed by atoms with Crippen LogP contribution in [0.25, 0.3) is 11.6 Å². The maximum Gasteiger partial charge on any atom is 0.335 e. The van der Waals surface area contributed by atoms with Crippen LogP contribution < -0.4 is 9.47 Å². The van der Waals surface area contributed by atoms with Crippen LogP contribution in [0.5, 0.6) is 11.5 Å². The molecule has 0 unspecified atom stereocenters. The second-order valence-electron chi connectivity index (χ2n) is 6.36. The van der Waals surface area contributed by atoms with Crippen LogP contribution >= 0.6 is 11.6 Å². The van der Waals surface area contributed by atoms with Crippen LogP contribution in [0.3, 0.4) is 0 Å². The molecule has 1 N–H and O–H groups in total. The molecule has 0 fully saturated rings. The molecule has 0 atom stereocenters. The number of halogens is 1. The van der Waals surface area contributed by atoms with Gasteiger partial charge in [-0.25, -0.2) is 4.79 Å². The Labute approximate surface area is 179 Å². The number of nitriles is 1. The number of nitrogens with zero attached hydrogens (tertiary/aromatic N) is 1. The van der Waals surface area contributed by atoms with Gasteiger partial charge in [-0.15, -0.1) is 0 Å². The van der Waals surface area contributed by atoms with Gasteiger partial charge in [0.2, 0.25) is 0 Å². The third-order valence-electron chi connectivity index (χ3n) is 4.35. The average Bonchev–Trinajstić information content (AvgIpc) is 2.77. The minimum absolute atomic E-state index is 0.153. The molecule has 0 radical (unpaired) electrons. The zero-order valence-corrected chi connectivity index (χ0v) is 16.9. The fourth-order valence-corrected chi connectivity index (χ4v) is 3.11. The predicted octanol–water partition coefficient (Wildman–Crippen LogP) is 5.69. The molecule has 3 rings (SSSR count). The van der Waals surface area contributed by atoms with Crippen LogP contribution in [0, 0.1) is 11.3 Å². The van der Waals surface area contributed by atoms with Gasteiger partial charge in [-0.3, -0.25) is 0 Å². The van der Waals surface area contributed by atoms with Crippen molar-refractivity contribution in [2.45, 2.75) is 6.61 Å². The van der Waals surface area contributed by atoms with E-state index in [4.69, 9.17) is 26.2 Å². The van der Waals surface area contributed by atoms with Gasteiger partial charge < -0.3 is 14.6 Å². The van der Waals surface area contributed by atoms with Gasteiger partial charge in [0.05, 0.1) is 29.3 Å². The van der Waals surface area contributed by atoms with E-state index in [0.29, 0.717) is 39.8 Å². The van der Waals surface area contributed by atoms with E-state index in [2.05, 4.69) is 6.07 Å². The summed E-state index contributed by atoms with van der Waals surface area (Å²) in [6.07, 6.45) is 1.66. The number of allylic oxidation sites excluding steroid dienone is 1. The molecule has 0 amide bonds. The molecule has 0 aliphatic carbocycles. The number of carbonyl (C=O) groups is 1. The maximum absolute atomic E-state index is 11.0. The molecule has 0 bridgehead atoms. The SMILES string of the molecule is COc1cc(/C=C(/C#N)c2ccc(C(=O)O)cc2)cc(Cl)c1OCc1ccccc1. The van der Waals surface area contributed by atoms with E-state index in [-0.39, 0.29) is 5.56 Å². The van der Waals surface area contributed by atoms with Crippen molar-refractivity contribution in [3.05, 3.63) is 94.0 Å². The molecular weight excluding hydrogens is 402 g/mol. The quantitative estimate of drug-likeness (QED) is 0.393. The van der Waals surface area contributed by atoms with Crippen molar-refractivity contribution in [3.63, 3.8) is 0 Å². The molecule has 0 aliphatic rings. The number of aromatic carboxylic acids is 1. The van der Waals surface area contributed by atoms with E-state index in [1.165, 1.54) is 19.2 Å². The zero-order chi connectivity index (χ0) is 21.5. The van der Waals surface area contributed by atoms with Crippen LogP contribution in [-0.2, 0) is 6.61 Å². The van der Waals surface area contributed by atoms with Crippen LogP contribution in [-0.4, -0.2) is 18.2 Å². The lowest BCUT2D eigenvalue weighted by Gasteiger charge is -2.13. The lowest BCUT2D eigenvalue weighted by Crippen LogP contribution is -1.99. The highest BCUT2D eigenvalue weighted by Gasteiger charge is 2.13. The Kier molecular flexibility index (Phi) is 6.74. The fraction of sp³-hybridized carbons (Fsp3) is 0.0833. The summed E-state index contributed by atoms with van der Waals surface area (Å²) >= 11 is 6.43. The largest absolute Gasteiger partial charge is 0.493 e. The van der Waals surface area contributed by atoms with Crippen molar-refractivity contribution >= 4 is 29.2 Å². The van der Waals surface area contributed by atoms with Crippen LogP contribution in [0.1, 0.15) is 27.0 Å². The monoisotopic (exact) mass is 419 g/mol. The number of carboxylic acids is 1. The van der Waals surface area contributed by atoms with E-state index < -0.39 is 5.97 Å². The molecule has 0 aliphatic heterocycles. The van der Waals surface area contributed by atoms with Gasteiger partial charge in [0.25, 0.3) is 0 Å². The Bertz CT molecular complexity index is 1120. The summed E-state index contributed by atoms with van der Waals surface area (Å²) in [5.41, 5.74) is 2.77. The van der Waals surface area contributed by atoms with Gasteiger partial charge in [-0.1, -0.05) is 54.1 Å². The van der Waals surface area contributed by atoms with Gasteiger partial charge in [0.15, 0.2) is 11.5 Å². The van der Waals surface area contributed by atoms with Crippen LogP contribution in [0.2, 0.25) is 5.02 Å². The second kappa shape index (κ2) is 9.64. The molecule has 0 spiro atoms. The first-order valence-electron chi connectivity index (χ1n) is 9.01. The minimum Gasteiger partial charge on any atom is -0.493 e. The van der Waals surface area contributed by atoms with Crippen molar-refractivity contribution in [2.75, 3.05) is 7.11 Å². The Morgan fingerprint density at radius 3 is 2.37 bits per heavy atom. The molecule has 3 aromatic rings. The highest BCUT2D eigenvalue weighted by molar-refractivity contribution is 6.32. The molecule has 6 heteroatoms. The lowest BCUT2D eigenvalue weighted by atomic mass is 10.0. The first-order valence-corrected chi connectivity index (χ1v) is 9.39. The zero-order valence-electron chi connectivity index (χ0n) is 16.1. The molecule has 5 nitrogen and oxygen atoms in total. The summed E-state index contributed by atoms with van der Waals surface area (Å²) in [6, 6.07) is 21.3. The number of rotatable bonds is 7. The van der Waals surface area contributed by atoms with E-state index in [0.717, 1.165) is 5.56 Å². The van der Waals surface area contributed by atoms with Crippen LogP contribution in [0.15, 0.2) is 66.7 Å². The van der Waals surface area contributed by atoms with Crippen molar-refractivity contribution in [1.29, 1.82) is 5.26 Å². The predicted molar refractivity (Wildman–Crippen MR) is 116 cm³/mol. The number of benzene rings is 3. The summed E-state index contributed by atoms with van der Waals surface area (Å²) in [4.78, 5) is 11.0. The topological polar surface area (TPSA) is 79.5 Å². The number of ether oxygens (including phenoxy) is 2. The summed E-state index contributed by atoms with van der Waals surface area (Å²) in [5.74, 6) is -0.153. The Morgan fingerprint density at radius 1 is 1.10 bits per heavy atom. The highest BCUT2D eigenvalue weighted by Crippen LogP contribution is 2.38. The number of carboxylic acid groups (broad SMARTS) is 1. The normalized spacial score (nSPS) is 10.9. The summed E-state index contributed by atoms with van der Waals surface area (Å²) in [7, 11) is 1.52. The smallest absolute Gasteiger partial charge is 0.335 e. The number of hydrogen-bond acceptors (Lipinski definition) is 4. The minimum atomic E-state index is -1.02. The highest BCUT2D eigenvalue weighted by atomic mass is 35.5. The Morgan fingerprint density at radius 2 is 1.77 bits per heavy atom. The van der Waals surface area contributed by atoms with Crippen molar-refractivity contribution in [3.8, 4) is 17.6 Å². The number of methoxy groups -OCH3 is 1. The molecule has 0 saturated heterocycles. The summed E-state index contributed by atoms with van der Waals surface area (Å²) in [5, 5.41) is 18.9. The van der Waals surface area contributed by atoms with Crippen molar-refractivity contribution in [1.82, 2.24) is 0 Å². The first-order chi connectivity index (χ1) is 14.5. The molecule has 0 heterocycles. The van der Waals surface area contributed by atoms with Gasteiger partial charge in [0, 0.05) is 0 Å².